The maximum absolute atomic E-state index is 10.4. The van der Waals surface area contributed by atoms with Gasteiger partial charge in [-0.25, -0.2) is 4.79 Å². The lowest BCUT2D eigenvalue weighted by molar-refractivity contribution is 0.143. The van der Waals surface area contributed by atoms with Crippen LogP contribution in [0.25, 0.3) is 0 Å². The van der Waals surface area contributed by atoms with Crippen molar-refractivity contribution in [1.82, 2.24) is 0 Å². The summed E-state index contributed by atoms with van der Waals surface area (Å²) in [6, 6.07) is 4.84. The van der Waals surface area contributed by atoms with E-state index in [0.717, 1.165) is 19.3 Å². The Balaban J connectivity index is 2.63. The number of phenols is 1. The zero-order chi connectivity index (χ0) is 12.7. The lowest BCUT2D eigenvalue weighted by Gasteiger charge is -2.08. The molecular formula is C12H15ClO4. The van der Waals surface area contributed by atoms with Gasteiger partial charge in [0.2, 0.25) is 0 Å². The van der Waals surface area contributed by atoms with Crippen molar-refractivity contribution in [3.8, 4) is 11.5 Å². The number of benzene rings is 1. The molecule has 2 N–H and O–H groups in total. The number of aromatic hydroxyl groups is 1. The molecule has 4 nitrogen and oxygen atoms in total. The summed E-state index contributed by atoms with van der Waals surface area (Å²) in [7, 11) is 0. The molecule has 0 radical (unpaired) electrons. The van der Waals surface area contributed by atoms with Crippen molar-refractivity contribution in [2.45, 2.75) is 25.7 Å². The minimum atomic E-state index is -1.43. The average molecular weight is 259 g/mol. The number of halogens is 1. The number of para-hydroxylation sites is 1. The van der Waals surface area contributed by atoms with Crippen LogP contribution in [-0.4, -0.2) is 22.2 Å². The highest BCUT2D eigenvalue weighted by atomic mass is 35.5. The topological polar surface area (TPSA) is 66.8 Å². The lowest BCUT2D eigenvalue weighted by atomic mass is 10.1. The third kappa shape index (κ3) is 4.53. The molecule has 94 valence electrons. The molecule has 0 heterocycles. The van der Waals surface area contributed by atoms with Crippen LogP contribution in [0.5, 0.6) is 11.5 Å². The van der Waals surface area contributed by atoms with E-state index in [9.17, 15) is 9.90 Å². The number of hydrogen-bond donors (Lipinski definition) is 2. The Bertz CT molecular complexity index is 379. The molecule has 0 saturated carbocycles. The van der Waals surface area contributed by atoms with E-state index in [4.69, 9.17) is 16.7 Å². The Morgan fingerprint density at radius 3 is 2.71 bits per heavy atom. The number of phenolic OH excluding ortho intramolecular Hbond substituents is 1. The Labute approximate surface area is 105 Å². The quantitative estimate of drug-likeness (QED) is 0.355. The predicted molar refractivity (Wildman–Crippen MR) is 65.0 cm³/mol. The standard InChI is InChI=1S/C12H15ClO4/c13-8-3-1-2-5-9-6-4-7-10(11(9)14)17-12(15)16/h4,6-7,14H,1-3,5,8H2,(H,15,16). The number of alkyl halides is 1. The van der Waals surface area contributed by atoms with Gasteiger partial charge in [0.15, 0.2) is 11.5 Å². The SMILES string of the molecule is O=C(O)Oc1cccc(CCCCCCl)c1O. The first-order valence-corrected chi connectivity index (χ1v) is 5.96. The second kappa shape index (κ2) is 7.01. The van der Waals surface area contributed by atoms with Gasteiger partial charge < -0.3 is 14.9 Å². The highest BCUT2D eigenvalue weighted by molar-refractivity contribution is 6.17. The van der Waals surface area contributed by atoms with Crippen LogP contribution in [0.15, 0.2) is 18.2 Å². The summed E-state index contributed by atoms with van der Waals surface area (Å²) in [6.07, 6.45) is 2.07. The van der Waals surface area contributed by atoms with Gasteiger partial charge in [0.05, 0.1) is 0 Å². The van der Waals surface area contributed by atoms with Crippen molar-refractivity contribution in [3.05, 3.63) is 23.8 Å². The summed E-state index contributed by atoms with van der Waals surface area (Å²) >= 11 is 5.56. The molecule has 0 fully saturated rings. The average Bonchev–Trinajstić information content (AvgIpc) is 2.28. The molecule has 0 spiro atoms. The van der Waals surface area contributed by atoms with Crippen molar-refractivity contribution in [2.24, 2.45) is 0 Å². The molecule has 0 amide bonds. The van der Waals surface area contributed by atoms with Gasteiger partial charge in [0.1, 0.15) is 0 Å². The largest absolute Gasteiger partial charge is 0.511 e. The molecule has 1 aromatic rings. The van der Waals surface area contributed by atoms with E-state index in [1.165, 1.54) is 6.07 Å². The predicted octanol–water partition coefficient (Wildman–Crippen LogP) is 3.40. The minimum Gasteiger partial charge on any atom is -0.504 e. The van der Waals surface area contributed by atoms with Gasteiger partial charge >= 0.3 is 6.16 Å². The van der Waals surface area contributed by atoms with E-state index in [0.29, 0.717) is 17.9 Å². The summed E-state index contributed by atoms with van der Waals surface area (Å²) in [5.41, 5.74) is 0.693. The van der Waals surface area contributed by atoms with Crippen molar-refractivity contribution >= 4 is 17.8 Å². The summed E-state index contributed by atoms with van der Waals surface area (Å²) in [6.45, 7) is 0. The van der Waals surface area contributed by atoms with E-state index >= 15 is 0 Å². The number of aryl methyl sites for hydroxylation is 1. The van der Waals surface area contributed by atoms with Crippen LogP contribution in [0.4, 0.5) is 4.79 Å². The zero-order valence-electron chi connectivity index (χ0n) is 9.36. The van der Waals surface area contributed by atoms with Gasteiger partial charge in [-0.2, -0.15) is 0 Å². The van der Waals surface area contributed by atoms with E-state index < -0.39 is 6.16 Å². The third-order valence-electron chi connectivity index (χ3n) is 2.36. The maximum atomic E-state index is 10.4. The molecule has 0 aliphatic carbocycles. The Morgan fingerprint density at radius 2 is 2.06 bits per heavy atom. The molecule has 0 unspecified atom stereocenters. The number of carbonyl (C=O) groups is 1. The molecule has 0 aromatic heterocycles. The molecule has 5 heteroatoms. The lowest BCUT2D eigenvalue weighted by Crippen LogP contribution is -2.03. The van der Waals surface area contributed by atoms with Crippen molar-refractivity contribution in [3.63, 3.8) is 0 Å². The highest BCUT2D eigenvalue weighted by Crippen LogP contribution is 2.30. The van der Waals surface area contributed by atoms with Crippen LogP contribution in [0.3, 0.4) is 0 Å². The smallest absolute Gasteiger partial charge is 0.504 e. The summed E-state index contributed by atoms with van der Waals surface area (Å²) in [4.78, 5) is 10.4. The fourth-order valence-electron chi connectivity index (χ4n) is 1.53. The Kier molecular flexibility index (Phi) is 5.63. The molecule has 0 atom stereocenters. The van der Waals surface area contributed by atoms with Gasteiger partial charge in [-0.3, -0.25) is 0 Å². The molecular weight excluding hydrogens is 244 g/mol. The fourth-order valence-corrected chi connectivity index (χ4v) is 1.72. The van der Waals surface area contributed by atoms with Gasteiger partial charge in [0.25, 0.3) is 0 Å². The van der Waals surface area contributed by atoms with Gasteiger partial charge in [-0.1, -0.05) is 18.6 Å². The van der Waals surface area contributed by atoms with Crippen LogP contribution < -0.4 is 4.74 Å². The number of carboxylic acid groups (broad SMARTS) is 1. The van der Waals surface area contributed by atoms with Gasteiger partial charge in [-0.15, -0.1) is 11.6 Å². The van der Waals surface area contributed by atoms with E-state index in [1.54, 1.807) is 12.1 Å². The number of hydrogen-bond acceptors (Lipinski definition) is 3. The van der Waals surface area contributed by atoms with Crippen molar-refractivity contribution < 1.29 is 19.7 Å². The number of ether oxygens (including phenoxy) is 1. The number of unbranched alkanes of at least 4 members (excludes halogenated alkanes) is 2. The van der Waals surface area contributed by atoms with Crippen LogP contribution in [0.2, 0.25) is 0 Å². The van der Waals surface area contributed by atoms with Crippen LogP contribution in [0.1, 0.15) is 24.8 Å². The molecule has 1 aromatic carbocycles. The first-order chi connectivity index (χ1) is 8.15. The molecule has 0 saturated heterocycles. The Hall–Kier alpha value is -1.42. The first kappa shape index (κ1) is 13.6. The maximum Gasteiger partial charge on any atom is 0.511 e. The molecule has 17 heavy (non-hydrogen) atoms. The molecule has 0 aliphatic rings. The summed E-state index contributed by atoms with van der Waals surface area (Å²) < 4.78 is 4.46. The summed E-state index contributed by atoms with van der Waals surface area (Å²) in [5.74, 6) is 0.516. The normalized spacial score (nSPS) is 10.2. The molecule has 0 aliphatic heterocycles. The first-order valence-electron chi connectivity index (χ1n) is 5.42. The van der Waals surface area contributed by atoms with E-state index in [2.05, 4.69) is 4.74 Å². The Morgan fingerprint density at radius 1 is 1.29 bits per heavy atom. The van der Waals surface area contributed by atoms with Crippen LogP contribution in [0, 0.1) is 0 Å². The van der Waals surface area contributed by atoms with Crippen molar-refractivity contribution in [1.29, 1.82) is 0 Å². The summed E-state index contributed by atoms with van der Waals surface area (Å²) in [5, 5.41) is 18.3. The van der Waals surface area contributed by atoms with E-state index in [1.807, 2.05) is 0 Å². The monoisotopic (exact) mass is 258 g/mol. The van der Waals surface area contributed by atoms with Crippen LogP contribution in [-0.2, 0) is 6.42 Å². The minimum absolute atomic E-state index is 0.0210. The van der Waals surface area contributed by atoms with E-state index in [-0.39, 0.29) is 11.5 Å². The molecule has 0 bridgehead atoms. The second-order valence-corrected chi connectivity index (χ2v) is 4.01. The third-order valence-corrected chi connectivity index (χ3v) is 2.63. The molecule has 1 rings (SSSR count). The number of rotatable bonds is 6. The van der Waals surface area contributed by atoms with Crippen LogP contribution >= 0.6 is 11.6 Å². The van der Waals surface area contributed by atoms with Crippen molar-refractivity contribution in [2.75, 3.05) is 5.88 Å². The second-order valence-electron chi connectivity index (χ2n) is 3.63. The highest BCUT2D eigenvalue weighted by Gasteiger charge is 2.10. The van der Waals surface area contributed by atoms with Gasteiger partial charge in [-0.05, 0) is 30.9 Å². The zero-order valence-corrected chi connectivity index (χ0v) is 10.1. The van der Waals surface area contributed by atoms with Gasteiger partial charge in [0, 0.05) is 5.88 Å². The fraction of sp³-hybridized carbons (Fsp3) is 0.417.